The Morgan fingerprint density at radius 1 is 0.949 bits per heavy atom. The molecule has 0 radical (unpaired) electrons. The Labute approximate surface area is 233 Å². The summed E-state index contributed by atoms with van der Waals surface area (Å²) in [7, 11) is 1.55. The number of aromatic nitrogens is 1. The molecule has 1 N–H and O–H groups in total. The van der Waals surface area contributed by atoms with Crippen LogP contribution in [-0.2, 0) is 14.4 Å². The number of amides is 3. The highest BCUT2D eigenvalue weighted by Crippen LogP contribution is 2.53. The van der Waals surface area contributed by atoms with Crippen LogP contribution in [0, 0.1) is 5.92 Å². The third-order valence-corrected chi connectivity index (χ3v) is 9.87. The van der Waals surface area contributed by atoms with E-state index in [-0.39, 0.29) is 29.2 Å². The maximum Gasteiger partial charge on any atom is 0.305 e. The van der Waals surface area contributed by atoms with Gasteiger partial charge in [0.05, 0.1) is 23.7 Å². The van der Waals surface area contributed by atoms with Gasteiger partial charge in [-0.2, -0.15) is 0 Å². The summed E-state index contributed by atoms with van der Waals surface area (Å²) in [5.41, 5.74) is 1.28. The van der Waals surface area contributed by atoms with E-state index in [9.17, 15) is 19.2 Å². The van der Waals surface area contributed by atoms with Crippen molar-refractivity contribution in [2.24, 2.45) is 5.92 Å². The summed E-state index contributed by atoms with van der Waals surface area (Å²) in [6, 6.07) is 14.1. The summed E-state index contributed by atoms with van der Waals surface area (Å²) in [6.45, 7) is 1.51. The molecule has 3 aliphatic rings. The lowest BCUT2D eigenvalue weighted by Gasteiger charge is -2.30. The average Bonchev–Trinajstić information content (AvgIpc) is 3.46. The van der Waals surface area contributed by atoms with Gasteiger partial charge < -0.3 is 19.4 Å². The number of nitrogens with one attached hydrogen (secondary N) is 1. The summed E-state index contributed by atoms with van der Waals surface area (Å²) < 4.78 is 11.0. The van der Waals surface area contributed by atoms with Gasteiger partial charge >= 0.3 is 4.87 Å². The van der Waals surface area contributed by atoms with Crippen LogP contribution in [0.1, 0.15) is 35.6 Å². The molecular formula is C28H27N3O6S2. The van der Waals surface area contributed by atoms with Crippen molar-refractivity contribution in [1.29, 1.82) is 0 Å². The fourth-order valence-corrected chi connectivity index (χ4v) is 8.03. The number of piperidine rings is 1. The molecule has 6 rings (SSSR count). The highest BCUT2D eigenvalue weighted by atomic mass is 32.2. The molecule has 3 amide bonds. The number of imide groups is 1. The van der Waals surface area contributed by atoms with E-state index in [4.69, 9.17) is 9.47 Å². The van der Waals surface area contributed by atoms with Crippen LogP contribution in [0.2, 0.25) is 0 Å². The van der Waals surface area contributed by atoms with Gasteiger partial charge in [0.1, 0.15) is 16.7 Å². The molecule has 3 aromatic rings. The first kappa shape index (κ1) is 25.7. The summed E-state index contributed by atoms with van der Waals surface area (Å²) in [4.78, 5) is 58.6. The molecule has 11 heteroatoms. The van der Waals surface area contributed by atoms with Crippen molar-refractivity contribution < 1.29 is 23.9 Å². The van der Waals surface area contributed by atoms with Crippen molar-refractivity contribution in [2.45, 2.75) is 35.5 Å². The molecule has 0 spiro atoms. The molecule has 39 heavy (non-hydrogen) atoms. The maximum atomic E-state index is 13.8. The Morgan fingerprint density at radius 3 is 2.33 bits per heavy atom. The smallest absolute Gasteiger partial charge is 0.305 e. The molecule has 2 fully saturated rings. The number of thiazole rings is 1. The molecule has 4 heterocycles. The number of carbonyl (C=O) groups excluding carboxylic acids is 3. The number of benzene rings is 2. The third kappa shape index (κ3) is 4.74. The zero-order valence-electron chi connectivity index (χ0n) is 21.3. The van der Waals surface area contributed by atoms with Gasteiger partial charge in [-0.3, -0.25) is 19.2 Å². The predicted octanol–water partition coefficient (Wildman–Crippen LogP) is 3.63. The second-order valence-electron chi connectivity index (χ2n) is 9.76. The van der Waals surface area contributed by atoms with E-state index in [0.717, 1.165) is 54.1 Å². The van der Waals surface area contributed by atoms with E-state index in [0.29, 0.717) is 22.2 Å². The number of carbonyl (C=O) groups is 3. The Hall–Kier alpha value is -3.57. The van der Waals surface area contributed by atoms with Gasteiger partial charge in [-0.15, -0.1) is 0 Å². The molecule has 3 atom stereocenters. The average molecular weight is 566 g/mol. The van der Waals surface area contributed by atoms with E-state index < -0.39 is 17.1 Å². The van der Waals surface area contributed by atoms with Gasteiger partial charge in [0, 0.05) is 23.9 Å². The monoisotopic (exact) mass is 565 g/mol. The van der Waals surface area contributed by atoms with Crippen LogP contribution in [0.15, 0.2) is 58.4 Å². The Bertz CT molecular complexity index is 1460. The van der Waals surface area contributed by atoms with Crippen LogP contribution in [0.5, 0.6) is 11.5 Å². The number of H-pyrrole nitrogens is 1. The minimum absolute atomic E-state index is 0.0265. The first-order valence-corrected chi connectivity index (χ1v) is 14.6. The van der Waals surface area contributed by atoms with Crippen molar-refractivity contribution >= 4 is 46.5 Å². The second-order valence-corrected chi connectivity index (χ2v) is 11.9. The van der Waals surface area contributed by atoms with E-state index in [1.807, 2.05) is 17.0 Å². The minimum atomic E-state index is -0.670. The molecule has 2 aromatic carbocycles. The molecule has 1 aromatic heterocycles. The number of fused-ring (bicyclic) bond motifs is 2. The van der Waals surface area contributed by atoms with Crippen molar-refractivity contribution in [1.82, 2.24) is 9.88 Å². The number of aromatic amines is 1. The van der Waals surface area contributed by atoms with Crippen LogP contribution in [-0.4, -0.2) is 59.7 Å². The highest BCUT2D eigenvalue weighted by Gasteiger charge is 2.56. The number of likely N-dealkylation sites (tertiary alicyclic amines) is 1. The van der Waals surface area contributed by atoms with Gasteiger partial charge in [-0.05, 0) is 61.2 Å². The molecule has 0 unspecified atom stereocenters. The maximum absolute atomic E-state index is 13.8. The minimum Gasteiger partial charge on any atom is -0.497 e. The SMILES string of the molecule is COc1ccc(N2C(=O)[C@H]3[C@H](c4ccc(OCC(=O)N5CCCCC5)cc4)c4sc(=O)[nH]c4S[C@H]3C2=O)cc1. The zero-order chi connectivity index (χ0) is 27.1. The number of methoxy groups -OCH3 is 1. The lowest BCUT2D eigenvalue weighted by atomic mass is 9.83. The molecule has 0 aliphatic carbocycles. The number of hydrogen-bond acceptors (Lipinski definition) is 8. The molecule has 2 saturated heterocycles. The number of anilines is 1. The fourth-order valence-electron chi connectivity index (χ4n) is 5.51. The molecule has 3 aliphatic heterocycles. The lowest BCUT2D eigenvalue weighted by Crippen LogP contribution is -2.38. The topological polar surface area (TPSA) is 109 Å². The van der Waals surface area contributed by atoms with Crippen LogP contribution in [0.4, 0.5) is 5.69 Å². The second kappa shape index (κ2) is 10.5. The quantitative estimate of drug-likeness (QED) is 0.455. The van der Waals surface area contributed by atoms with Crippen LogP contribution in [0.25, 0.3) is 0 Å². The number of nitrogens with zero attached hydrogens (tertiary/aromatic N) is 2. The Balaban J connectivity index is 1.27. The third-order valence-electron chi connectivity index (χ3n) is 7.46. The van der Waals surface area contributed by atoms with E-state index in [1.54, 1.807) is 43.5 Å². The van der Waals surface area contributed by atoms with E-state index in [1.165, 1.54) is 16.7 Å². The molecular weight excluding hydrogens is 538 g/mol. The largest absolute Gasteiger partial charge is 0.497 e. The number of thioether (sulfide) groups is 1. The first-order valence-electron chi connectivity index (χ1n) is 12.9. The standard InChI is InChI=1S/C28H27N3O6S2/c1-36-18-11-7-17(8-12-18)31-26(33)22-21(23-25(29-28(35)39-23)38-24(22)27(31)34)16-5-9-19(10-6-16)37-15-20(32)30-13-3-2-4-14-30/h5-12,21-22,24H,2-4,13-15H2,1H3,(H,29,35)/t21-,22-,24+/m0/s1. The van der Waals surface area contributed by atoms with Gasteiger partial charge in [-0.1, -0.05) is 35.2 Å². The molecule has 0 saturated carbocycles. The van der Waals surface area contributed by atoms with Gasteiger partial charge in [0.25, 0.3) is 5.91 Å². The lowest BCUT2D eigenvalue weighted by molar-refractivity contribution is -0.134. The fraction of sp³-hybridized carbons (Fsp3) is 0.357. The summed E-state index contributed by atoms with van der Waals surface area (Å²) in [5, 5.41) is -0.0399. The van der Waals surface area contributed by atoms with Crippen LogP contribution < -0.4 is 19.2 Å². The van der Waals surface area contributed by atoms with Gasteiger partial charge in [0.15, 0.2) is 6.61 Å². The van der Waals surface area contributed by atoms with Gasteiger partial charge in [-0.25, -0.2) is 4.90 Å². The van der Waals surface area contributed by atoms with E-state index in [2.05, 4.69) is 4.98 Å². The summed E-state index contributed by atoms with van der Waals surface area (Å²) >= 11 is 2.31. The Morgan fingerprint density at radius 2 is 1.64 bits per heavy atom. The first-order chi connectivity index (χ1) is 18.9. The number of hydrogen-bond donors (Lipinski definition) is 1. The Kier molecular flexibility index (Phi) is 6.94. The highest BCUT2D eigenvalue weighted by molar-refractivity contribution is 8.00. The van der Waals surface area contributed by atoms with Crippen molar-refractivity contribution in [3.63, 3.8) is 0 Å². The van der Waals surface area contributed by atoms with Gasteiger partial charge in [0.2, 0.25) is 11.8 Å². The number of ether oxygens (including phenoxy) is 2. The van der Waals surface area contributed by atoms with Crippen molar-refractivity contribution in [3.05, 3.63) is 68.6 Å². The van der Waals surface area contributed by atoms with E-state index >= 15 is 0 Å². The van der Waals surface area contributed by atoms with Crippen LogP contribution >= 0.6 is 23.1 Å². The summed E-state index contributed by atoms with van der Waals surface area (Å²) in [6.07, 6.45) is 3.19. The zero-order valence-corrected chi connectivity index (χ0v) is 22.9. The summed E-state index contributed by atoms with van der Waals surface area (Å²) in [5.74, 6) is -0.605. The van der Waals surface area contributed by atoms with Crippen molar-refractivity contribution in [3.8, 4) is 11.5 Å². The molecule has 202 valence electrons. The number of rotatable bonds is 6. The normalized spacial score (nSPS) is 22.4. The molecule has 9 nitrogen and oxygen atoms in total. The molecule has 0 bridgehead atoms. The van der Waals surface area contributed by atoms with Crippen molar-refractivity contribution in [2.75, 3.05) is 31.7 Å². The van der Waals surface area contributed by atoms with Crippen LogP contribution in [0.3, 0.4) is 0 Å². The predicted molar refractivity (Wildman–Crippen MR) is 148 cm³/mol.